The fourth-order valence-corrected chi connectivity index (χ4v) is 2.93. The highest BCUT2D eigenvalue weighted by atomic mass is 19.1. The molecule has 0 spiro atoms. The molecule has 1 aromatic carbocycles. The molecule has 1 atom stereocenters. The summed E-state index contributed by atoms with van der Waals surface area (Å²) in [6.45, 7) is 4.05. The minimum atomic E-state index is -0.421. The summed E-state index contributed by atoms with van der Waals surface area (Å²) >= 11 is 0. The number of piperazine rings is 1. The number of nitrogens with zero attached hydrogens (tertiary/aromatic N) is 3. The van der Waals surface area contributed by atoms with Crippen molar-refractivity contribution in [1.29, 1.82) is 0 Å². The quantitative estimate of drug-likeness (QED) is 0.864. The van der Waals surface area contributed by atoms with Gasteiger partial charge in [-0.3, -0.25) is 14.8 Å². The highest BCUT2D eigenvalue weighted by Gasteiger charge is 2.28. The normalized spacial score (nSPS) is 16.8. The standard InChI is InChI=1S/C17H19FN4O2/c1-12-10-15(20-19-12)17(24)22-8-6-21(7-9-22)16(11-23)13-2-4-14(18)5-3-13/h2-5,10-11,16H,6-9H2,1H3,(H,19,20). The van der Waals surface area contributed by atoms with Crippen LogP contribution in [0.1, 0.15) is 27.8 Å². The van der Waals surface area contributed by atoms with E-state index in [2.05, 4.69) is 10.2 Å². The minimum Gasteiger partial charge on any atom is -0.335 e. The molecule has 24 heavy (non-hydrogen) atoms. The van der Waals surface area contributed by atoms with Gasteiger partial charge in [-0.05, 0) is 30.7 Å². The van der Waals surface area contributed by atoms with Crippen molar-refractivity contribution >= 4 is 12.2 Å². The Morgan fingerprint density at radius 3 is 2.46 bits per heavy atom. The predicted molar refractivity (Wildman–Crippen MR) is 86.0 cm³/mol. The monoisotopic (exact) mass is 330 g/mol. The third-order valence-electron chi connectivity index (χ3n) is 4.26. The van der Waals surface area contributed by atoms with Gasteiger partial charge in [0.05, 0.1) is 6.04 Å². The molecular weight excluding hydrogens is 311 g/mol. The van der Waals surface area contributed by atoms with Crippen molar-refractivity contribution < 1.29 is 14.0 Å². The number of halogens is 1. The number of aryl methyl sites for hydroxylation is 1. The summed E-state index contributed by atoms with van der Waals surface area (Å²) < 4.78 is 13.0. The van der Waals surface area contributed by atoms with E-state index in [-0.39, 0.29) is 11.7 Å². The van der Waals surface area contributed by atoms with Gasteiger partial charge < -0.3 is 9.69 Å². The van der Waals surface area contributed by atoms with Crippen molar-refractivity contribution in [3.63, 3.8) is 0 Å². The van der Waals surface area contributed by atoms with Crippen molar-refractivity contribution in [2.75, 3.05) is 26.2 Å². The molecule has 6 nitrogen and oxygen atoms in total. The molecule has 0 saturated carbocycles. The average Bonchev–Trinajstić information content (AvgIpc) is 3.04. The molecule has 1 fully saturated rings. The molecule has 1 aliphatic heterocycles. The predicted octanol–water partition coefficient (Wildman–Crippen LogP) is 1.56. The summed E-state index contributed by atoms with van der Waals surface area (Å²) in [4.78, 5) is 27.6. The minimum absolute atomic E-state index is 0.108. The maximum absolute atomic E-state index is 13.0. The van der Waals surface area contributed by atoms with Gasteiger partial charge in [0, 0.05) is 31.9 Å². The number of amides is 1. The Morgan fingerprint density at radius 1 is 1.25 bits per heavy atom. The number of benzene rings is 1. The maximum atomic E-state index is 13.0. The summed E-state index contributed by atoms with van der Waals surface area (Å²) in [5.74, 6) is -0.434. The van der Waals surface area contributed by atoms with E-state index in [0.29, 0.717) is 31.9 Å². The molecule has 0 radical (unpaired) electrons. The molecule has 1 aliphatic rings. The summed E-state index contributed by atoms with van der Waals surface area (Å²) in [6, 6.07) is 7.26. The molecule has 7 heteroatoms. The van der Waals surface area contributed by atoms with Crippen LogP contribution in [-0.2, 0) is 4.79 Å². The van der Waals surface area contributed by atoms with Crippen molar-refractivity contribution in [1.82, 2.24) is 20.0 Å². The molecule has 2 heterocycles. The fraction of sp³-hybridized carbons (Fsp3) is 0.353. The molecule has 1 unspecified atom stereocenters. The molecule has 1 N–H and O–H groups in total. The molecule has 0 bridgehead atoms. The molecule has 0 aliphatic carbocycles. The largest absolute Gasteiger partial charge is 0.335 e. The number of aldehydes is 1. The number of aromatic amines is 1. The zero-order valence-electron chi connectivity index (χ0n) is 13.4. The van der Waals surface area contributed by atoms with Gasteiger partial charge in [-0.1, -0.05) is 12.1 Å². The van der Waals surface area contributed by atoms with Crippen molar-refractivity contribution in [3.05, 3.63) is 53.1 Å². The zero-order valence-corrected chi connectivity index (χ0v) is 13.4. The van der Waals surface area contributed by atoms with Crippen molar-refractivity contribution in [2.45, 2.75) is 13.0 Å². The van der Waals surface area contributed by atoms with Gasteiger partial charge in [-0.25, -0.2) is 4.39 Å². The topological polar surface area (TPSA) is 69.3 Å². The molecule has 1 saturated heterocycles. The summed E-state index contributed by atoms with van der Waals surface area (Å²) in [6.07, 6.45) is 0.863. The van der Waals surface area contributed by atoms with E-state index in [1.807, 2.05) is 11.8 Å². The van der Waals surface area contributed by atoms with Gasteiger partial charge in [0.25, 0.3) is 5.91 Å². The molecule has 1 aromatic heterocycles. The van der Waals surface area contributed by atoms with Crippen LogP contribution in [0.2, 0.25) is 0 Å². The first-order valence-corrected chi connectivity index (χ1v) is 7.84. The van der Waals surface area contributed by atoms with Crippen LogP contribution in [0.3, 0.4) is 0 Å². The summed E-state index contributed by atoms with van der Waals surface area (Å²) in [5, 5.41) is 6.76. The Bertz CT molecular complexity index is 720. The smallest absolute Gasteiger partial charge is 0.274 e. The molecule has 1 amide bonds. The van der Waals surface area contributed by atoms with Crippen LogP contribution >= 0.6 is 0 Å². The van der Waals surface area contributed by atoms with E-state index in [1.165, 1.54) is 12.1 Å². The second kappa shape index (κ2) is 6.92. The Labute approximate surface area is 139 Å². The van der Waals surface area contributed by atoms with Gasteiger partial charge >= 0.3 is 0 Å². The highest BCUT2D eigenvalue weighted by Crippen LogP contribution is 2.21. The summed E-state index contributed by atoms with van der Waals surface area (Å²) in [5.41, 5.74) is 2.01. The van der Waals surface area contributed by atoms with E-state index in [9.17, 15) is 14.0 Å². The lowest BCUT2D eigenvalue weighted by Gasteiger charge is -2.37. The zero-order chi connectivity index (χ0) is 17.1. The van der Waals surface area contributed by atoms with Crippen LogP contribution < -0.4 is 0 Å². The third kappa shape index (κ3) is 3.35. The SMILES string of the molecule is Cc1cc(C(=O)N2CCN(C(C=O)c3ccc(F)cc3)CC2)n[nH]1. The van der Waals surface area contributed by atoms with Gasteiger partial charge in [-0.15, -0.1) is 0 Å². The molecule has 3 rings (SSSR count). The van der Waals surface area contributed by atoms with E-state index in [4.69, 9.17) is 0 Å². The van der Waals surface area contributed by atoms with Crippen LogP contribution in [0.15, 0.2) is 30.3 Å². The number of hydrogen-bond donors (Lipinski definition) is 1. The Morgan fingerprint density at radius 2 is 1.92 bits per heavy atom. The van der Waals surface area contributed by atoms with Crippen molar-refractivity contribution in [2.24, 2.45) is 0 Å². The first kappa shape index (κ1) is 16.3. The first-order chi connectivity index (χ1) is 11.6. The number of hydrogen-bond acceptors (Lipinski definition) is 4. The number of carbonyl (C=O) groups excluding carboxylic acids is 2. The van der Waals surface area contributed by atoms with Crippen molar-refractivity contribution in [3.8, 4) is 0 Å². The van der Waals surface area contributed by atoms with Gasteiger partial charge in [0.15, 0.2) is 0 Å². The number of rotatable bonds is 4. The van der Waals surface area contributed by atoms with Gasteiger partial charge in [-0.2, -0.15) is 5.10 Å². The fourth-order valence-electron chi connectivity index (χ4n) is 2.93. The lowest BCUT2D eigenvalue weighted by atomic mass is 10.1. The van der Waals surface area contributed by atoms with E-state index in [1.54, 1.807) is 23.1 Å². The highest BCUT2D eigenvalue weighted by molar-refractivity contribution is 5.92. The molecular formula is C17H19FN4O2. The lowest BCUT2D eigenvalue weighted by Crippen LogP contribution is -2.50. The van der Waals surface area contributed by atoms with Crippen LogP contribution in [0, 0.1) is 12.7 Å². The number of H-pyrrole nitrogens is 1. The second-order valence-corrected chi connectivity index (χ2v) is 5.90. The van der Waals surface area contributed by atoms with Gasteiger partial charge in [0.2, 0.25) is 0 Å². The maximum Gasteiger partial charge on any atom is 0.274 e. The number of nitrogens with one attached hydrogen (secondary N) is 1. The third-order valence-corrected chi connectivity index (χ3v) is 4.26. The Balaban J connectivity index is 1.64. The van der Waals surface area contributed by atoms with Gasteiger partial charge in [0.1, 0.15) is 17.8 Å². The number of aromatic nitrogens is 2. The number of carbonyl (C=O) groups is 2. The Kier molecular flexibility index (Phi) is 4.71. The average molecular weight is 330 g/mol. The summed E-state index contributed by atoms with van der Waals surface area (Å²) in [7, 11) is 0. The van der Waals surface area contributed by atoms with E-state index < -0.39 is 6.04 Å². The van der Waals surface area contributed by atoms with E-state index >= 15 is 0 Å². The van der Waals surface area contributed by atoms with Crippen LogP contribution in [0.25, 0.3) is 0 Å². The molecule has 2 aromatic rings. The van der Waals surface area contributed by atoms with Crippen LogP contribution in [0.4, 0.5) is 4.39 Å². The van der Waals surface area contributed by atoms with E-state index in [0.717, 1.165) is 17.5 Å². The molecule has 126 valence electrons. The first-order valence-electron chi connectivity index (χ1n) is 7.84. The van der Waals surface area contributed by atoms with Crippen LogP contribution in [-0.4, -0.2) is 58.4 Å². The second-order valence-electron chi connectivity index (χ2n) is 5.90. The van der Waals surface area contributed by atoms with Crippen LogP contribution in [0.5, 0.6) is 0 Å². The Hall–Kier alpha value is -2.54. The lowest BCUT2D eigenvalue weighted by molar-refractivity contribution is -0.113.